The van der Waals surface area contributed by atoms with E-state index < -0.39 is 0 Å². The van der Waals surface area contributed by atoms with E-state index in [0.717, 1.165) is 69.0 Å². The van der Waals surface area contributed by atoms with E-state index in [1.165, 1.54) is 38.5 Å². The van der Waals surface area contributed by atoms with Crippen LogP contribution in [0.3, 0.4) is 0 Å². The van der Waals surface area contributed by atoms with Crippen LogP contribution in [0.5, 0.6) is 11.5 Å². The molecule has 0 bridgehead atoms. The van der Waals surface area contributed by atoms with E-state index in [0.29, 0.717) is 36.3 Å². The second-order valence-corrected chi connectivity index (χ2v) is 13.7. The molecule has 3 aromatic carbocycles. The van der Waals surface area contributed by atoms with E-state index in [1.807, 2.05) is 24.3 Å². The molecule has 6 nitrogen and oxygen atoms in total. The molecule has 0 aliphatic carbocycles. The average molecular weight is 595 g/mol. The number of hydrogen-bond donors (Lipinski definition) is 0. The maximum atomic E-state index is 6.39. The normalized spacial score (nSPS) is 13.5. The molecule has 6 heteroatoms. The Kier molecular flexibility index (Phi) is 10.8. The van der Waals surface area contributed by atoms with Crippen molar-refractivity contribution in [2.75, 3.05) is 13.2 Å². The number of fused-ring (bicyclic) bond motifs is 4. The van der Waals surface area contributed by atoms with Crippen molar-refractivity contribution >= 4 is 44.1 Å². The minimum atomic E-state index is 0.536. The van der Waals surface area contributed by atoms with E-state index in [9.17, 15) is 0 Å². The highest BCUT2D eigenvalue weighted by Gasteiger charge is 2.15. The number of rotatable bonds is 16. The highest BCUT2D eigenvalue weighted by molar-refractivity contribution is 5.97. The van der Waals surface area contributed by atoms with Crippen LogP contribution in [0.2, 0.25) is 0 Å². The Morgan fingerprint density at radius 3 is 1.27 bits per heavy atom. The van der Waals surface area contributed by atoms with Gasteiger partial charge in [-0.1, -0.05) is 104 Å². The van der Waals surface area contributed by atoms with Crippen molar-refractivity contribution < 1.29 is 9.47 Å². The summed E-state index contributed by atoms with van der Waals surface area (Å²) in [6.07, 6.45) is 9.59. The van der Waals surface area contributed by atoms with Crippen LogP contribution in [-0.2, 0) is 0 Å². The number of ether oxygens (including phenoxy) is 2. The highest BCUT2D eigenvalue weighted by atomic mass is 16.5. The maximum absolute atomic E-state index is 6.39. The van der Waals surface area contributed by atoms with Gasteiger partial charge in [0.15, 0.2) is 22.8 Å². The largest absolute Gasteiger partial charge is 0.490 e. The van der Waals surface area contributed by atoms with Gasteiger partial charge in [-0.25, -0.2) is 19.9 Å². The summed E-state index contributed by atoms with van der Waals surface area (Å²) in [5, 5.41) is 2.26. The third kappa shape index (κ3) is 8.55. The second kappa shape index (κ2) is 15.0. The van der Waals surface area contributed by atoms with Crippen LogP contribution in [0.1, 0.15) is 92.9 Å². The predicted molar refractivity (Wildman–Crippen MR) is 184 cm³/mol. The molecule has 0 amide bonds. The Morgan fingerprint density at radius 2 is 0.886 bits per heavy atom. The van der Waals surface area contributed by atoms with Crippen molar-refractivity contribution in [3.8, 4) is 11.5 Å². The first kappa shape index (κ1) is 31.9. The molecule has 234 valence electrons. The smallest absolute Gasteiger partial charge is 0.199 e. The van der Waals surface area contributed by atoms with Crippen LogP contribution in [-0.4, -0.2) is 33.1 Å². The summed E-state index contributed by atoms with van der Waals surface area (Å²) < 4.78 is 12.8. The van der Waals surface area contributed by atoms with Crippen molar-refractivity contribution in [1.82, 2.24) is 19.9 Å². The summed E-state index contributed by atoms with van der Waals surface area (Å²) in [6.45, 7) is 15.1. The summed E-state index contributed by atoms with van der Waals surface area (Å²) in [5.74, 6) is 4.21. The van der Waals surface area contributed by atoms with Crippen molar-refractivity contribution in [2.45, 2.75) is 92.9 Å². The van der Waals surface area contributed by atoms with E-state index >= 15 is 0 Å². The van der Waals surface area contributed by atoms with Gasteiger partial charge in [0.1, 0.15) is 0 Å². The molecule has 0 fully saturated rings. The van der Waals surface area contributed by atoms with E-state index in [-0.39, 0.29) is 0 Å². The van der Waals surface area contributed by atoms with Gasteiger partial charge in [0, 0.05) is 12.1 Å². The minimum Gasteiger partial charge on any atom is -0.490 e. The van der Waals surface area contributed by atoms with E-state index in [4.69, 9.17) is 29.4 Å². The molecule has 2 atom stereocenters. The Morgan fingerprint density at radius 1 is 0.500 bits per heavy atom. The first-order valence-corrected chi connectivity index (χ1v) is 16.8. The van der Waals surface area contributed by atoms with Gasteiger partial charge in [-0.15, -0.1) is 0 Å². The Hall–Kier alpha value is -3.54. The maximum Gasteiger partial charge on any atom is 0.199 e. The van der Waals surface area contributed by atoms with Crippen molar-refractivity contribution in [3.05, 3.63) is 48.5 Å². The van der Waals surface area contributed by atoms with Crippen LogP contribution in [0.4, 0.5) is 0 Å². The molecular weight excluding hydrogens is 544 g/mol. The molecule has 2 heterocycles. The Bertz CT molecular complexity index is 1560. The molecule has 0 saturated heterocycles. The number of nitrogens with zero attached hydrogens (tertiary/aromatic N) is 4. The third-order valence-corrected chi connectivity index (χ3v) is 8.68. The van der Waals surface area contributed by atoms with Crippen LogP contribution in [0.25, 0.3) is 44.1 Å². The molecule has 2 unspecified atom stereocenters. The molecule has 5 rings (SSSR count). The van der Waals surface area contributed by atoms with Gasteiger partial charge < -0.3 is 9.47 Å². The van der Waals surface area contributed by atoms with Gasteiger partial charge in [-0.2, -0.15) is 0 Å². The van der Waals surface area contributed by atoms with Gasteiger partial charge >= 0.3 is 0 Å². The highest BCUT2D eigenvalue weighted by Crippen LogP contribution is 2.33. The zero-order chi connectivity index (χ0) is 31.1. The molecule has 2 aromatic heterocycles. The summed E-state index contributed by atoms with van der Waals surface area (Å²) in [7, 11) is 0. The van der Waals surface area contributed by atoms with Gasteiger partial charge in [0.25, 0.3) is 0 Å². The molecule has 0 aliphatic heterocycles. The quantitative estimate of drug-likeness (QED) is 0.106. The zero-order valence-electron chi connectivity index (χ0n) is 27.6. The molecule has 0 aliphatic rings. The summed E-state index contributed by atoms with van der Waals surface area (Å²) in [4.78, 5) is 19.5. The first-order chi connectivity index (χ1) is 21.2. The van der Waals surface area contributed by atoms with Gasteiger partial charge in [-0.05, 0) is 59.4 Å². The van der Waals surface area contributed by atoms with Crippen molar-refractivity contribution in [3.63, 3.8) is 0 Å². The second-order valence-electron chi connectivity index (χ2n) is 13.7. The van der Waals surface area contributed by atoms with Crippen molar-refractivity contribution in [2.24, 2.45) is 23.7 Å². The molecule has 5 aromatic rings. The number of benzene rings is 3. The fraction of sp³-hybridized carbons (Fsp3) is 0.526. The topological polar surface area (TPSA) is 70.0 Å². The number of aromatic nitrogens is 4. The lowest BCUT2D eigenvalue weighted by atomic mass is 9.97. The first-order valence-electron chi connectivity index (χ1n) is 16.8. The van der Waals surface area contributed by atoms with Crippen LogP contribution in [0.15, 0.2) is 48.5 Å². The van der Waals surface area contributed by atoms with E-state index in [2.05, 4.69) is 65.8 Å². The van der Waals surface area contributed by atoms with Crippen LogP contribution >= 0.6 is 0 Å². The lowest BCUT2D eigenvalue weighted by Gasteiger charge is -2.17. The van der Waals surface area contributed by atoms with Gasteiger partial charge in [0.2, 0.25) is 0 Å². The molecular formula is C38H50N4O2. The Balaban J connectivity index is 1.37. The molecule has 0 spiro atoms. The molecule has 44 heavy (non-hydrogen) atoms. The summed E-state index contributed by atoms with van der Waals surface area (Å²) in [5.41, 5.74) is 4.18. The van der Waals surface area contributed by atoms with Crippen LogP contribution in [0, 0.1) is 23.7 Å². The lowest BCUT2D eigenvalue weighted by Crippen LogP contribution is -2.08. The fourth-order valence-electron chi connectivity index (χ4n) is 5.82. The van der Waals surface area contributed by atoms with Gasteiger partial charge in [0.05, 0.1) is 35.3 Å². The lowest BCUT2D eigenvalue weighted by molar-refractivity contribution is 0.237. The van der Waals surface area contributed by atoms with Crippen molar-refractivity contribution in [1.29, 1.82) is 0 Å². The minimum absolute atomic E-state index is 0.536. The monoisotopic (exact) mass is 594 g/mol. The zero-order valence-corrected chi connectivity index (χ0v) is 27.6. The molecule has 0 radical (unpaired) electrons. The predicted octanol–water partition coefficient (Wildman–Crippen LogP) is 10.3. The average Bonchev–Trinajstić information content (AvgIpc) is 2.98. The fourth-order valence-corrected chi connectivity index (χ4v) is 5.82. The molecule has 0 N–H and O–H groups in total. The number of hydrogen-bond acceptors (Lipinski definition) is 6. The Labute approximate surface area is 263 Å². The summed E-state index contributed by atoms with van der Waals surface area (Å²) >= 11 is 0. The van der Waals surface area contributed by atoms with Gasteiger partial charge in [-0.3, -0.25) is 0 Å². The van der Waals surface area contributed by atoms with E-state index in [1.54, 1.807) is 0 Å². The van der Waals surface area contributed by atoms with Crippen LogP contribution < -0.4 is 9.47 Å². The third-order valence-electron chi connectivity index (χ3n) is 8.68. The molecule has 0 saturated carbocycles. The standard InChI is InChI=1S/C38H50N4O2/c1-25(2)11-9-13-27(5)17-19-43-35-23-33-34(24-36(35)44-20-18-28(6)14-10-12-26(3)4)42-38-37(41-33)39-31-21-29-15-7-8-16-30(29)22-32(31)40-38/h7-8,15-16,21-28H,9-14,17-20H2,1-6H3. The summed E-state index contributed by atoms with van der Waals surface area (Å²) in [6, 6.07) is 16.3. The SMILES string of the molecule is CC(C)CCCC(C)CCOc1cc2nc3nc4cc5ccccc5cc4nc3nc2cc1OCCC(C)CCCC(C)C.